The zero-order valence-corrected chi connectivity index (χ0v) is 8.51. The number of aliphatic carboxylic acids is 1. The molecule has 5 N–H and O–H groups in total. The van der Waals surface area contributed by atoms with Crippen LogP contribution in [0.15, 0.2) is 0 Å². The normalized spacial score (nSPS) is 18.7. The van der Waals surface area contributed by atoms with Crippen molar-refractivity contribution in [1.82, 2.24) is 0 Å². The quantitative estimate of drug-likeness (QED) is 0.325. The van der Waals surface area contributed by atoms with Gasteiger partial charge < -0.3 is 20.1 Å². The molecule has 0 fully saturated rings. The van der Waals surface area contributed by atoms with Crippen molar-refractivity contribution < 1.29 is 29.6 Å². The van der Waals surface area contributed by atoms with Crippen LogP contribution in [-0.2, 0) is 14.3 Å². The predicted octanol–water partition coefficient (Wildman–Crippen LogP) is -1.58. The summed E-state index contributed by atoms with van der Waals surface area (Å²) < 4.78 is 4.59. The predicted molar refractivity (Wildman–Crippen MR) is 48.6 cm³/mol. The summed E-state index contributed by atoms with van der Waals surface area (Å²) in [5.74, 6) is -2.98. The zero-order chi connectivity index (χ0) is 12.2. The molecule has 0 amide bonds. The number of ether oxygens (including phenoxy) is 1. The topological polar surface area (TPSA) is 130 Å². The number of aliphatic hydroxyl groups excluding tert-OH is 2. The van der Waals surface area contributed by atoms with Crippen LogP contribution in [0.1, 0.15) is 20.3 Å². The van der Waals surface area contributed by atoms with E-state index in [9.17, 15) is 9.59 Å². The smallest absolute Gasteiger partial charge is 0.340 e. The molecule has 0 spiro atoms. The molecule has 88 valence electrons. The van der Waals surface area contributed by atoms with Gasteiger partial charge in [0.05, 0.1) is 0 Å². The van der Waals surface area contributed by atoms with Crippen LogP contribution in [0.4, 0.5) is 0 Å². The molecule has 0 bridgehead atoms. The highest BCUT2D eigenvalue weighted by molar-refractivity contribution is 5.84. The Morgan fingerprint density at radius 2 is 1.87 bits per heavy atom. The van der Waals surface area contributed by atoms with E-state index in [0.717, 1.165) is 0 Å². The van der Waals surface area contributed by atoms with Gasteiger partial charge in [-0.2, -0.15) is 0 Å². The number of carboxylic acid groups (broad SMARTS) is 1. The summed E-state index contributed by atoms with van der Waals surface area (Å²) in [7, 11) is 0. The SMILES string of the molecule is CCC(C)(N)OC(=O)C(O)C(O)C(=O)O. The Bertz CT molecular complexity index is 252. The van der Waals surface area contributed by atoms with Crippen molar-refractivity contribution in [2.75, 3.05) is 0 Å². The Morgan fingerprint density at radius 1 is 1.40 bits per heavy atom. The number of carbonyl (C=O) groups excluding carboxylic acids is 1. The number of carbonyl (C=O) groups is 2. The molecule has 3 unspecified atom stereocenters. The number of hydrogen-bond acceptors (Lipinski definition) is 6. The van der Waals surface area contributed by atoms with Crippen LogP contribution in [0.25, 0.3) is 0 Å². The lowest BCUT2D eigenvalue weighted by Gasteiger charge is -2.25. The molecular formula is C8H15NO6. The van der Waals surface area contributed by atoms with Gasteiger partial charge in [0.2, 0.25) is 0 Å². The van der Waals surface area contributed by atoms with Gasteiger partial charge in [0.15, 0.2) is 17.9 Å². The molecule has 0 aromatic rings. The maximum Gasteiger partial charge on any atom is 0.340 e. The summed E-state index contributed by atoms with van der Waals surface area (Å²) in [4.78, 5) is 21.3. The van der Waals surface area contributed by atoms with E-state index >= 15 is 0 Å². The highest BCUT2D eigenvalue weighted by Crippen LogP contribution is 2.09. The van der Waals surface area contributed by atoms with Crippen molar-refractivity contribution in [1.29, 1.82) is 0 Å². The summed E-state index contributed by atoms with van der Waals surface area (Å²) in [6, 6.07) is 0. The van der Waals surface area contributed by atoms with E-state index in [2.05, 4.69) is 4.74 Å². The number of carboxylic acids is 1. The van der Waals surface area contributed by atoms with Crippen molar-refractivity contribution in [2.24, 2.45) is 5.73 Å². The van der Waals surface area contributed by atoms with Gasteiger partial charge in [0, 0.05) is 0 Å². The van der Waals surface area contributed by atoms with Gasteiger partial charge in [-0.3, -0.25) is 5.73 Å². The first-order valence-corrected chi connectivity index (χ1v) is 4.32. The number of esters is 1. The Labute approximate surface area is 86.5 Å². The van der Waals surface area contributed by atoms with Gasteiger partial charge in [0.1, 0.15) is 0 Å². The van der Waals surface area contributed by atoms with Gasteiger partial charge in [-0.15, -0.1) is 0 Å². The van der Waals surface area contributed by atoms with E-state index in [1.165, 1.54) is 6.92 Å². The zero-order valence-electron chi connectivity index (χ0n) is 8.51. The molecule has 0 aliphatic carbocycles. The molecule has 3 atom stereocenters. The van der Waals surface area contributed by atoms with Gasteiger partial charge in [0.25, 0.3) is 0 Å². The third-order valence-electron chi connectivity index (χ3n) is 1.83. The first-order chi connectivity index (χ1) is 6.71. The molecule has 0 radical (unpaired) electrons. The number of aliphatic hydroxyl groups is 2. The maximum atomic E-state index is 11.1. The summed E-state index contributed by atoms with van der Waals surface area (Å²) in [5.41, 5.74) is 4.15. The third kappa shape index (κ3) is 4.24. The second-order valence-electron chi connectivity index (χ2n) is 3.32. The number of rotatable bonds is 5. The van der Waals surface area contributed by atoms with E-state index in [-0.39, 0.29) is 6.42 Å². The molecule has 0 saturated heterocycles. The molecule has 7 heteroatoms. The summed E-state index contributed by atoms with van der Waals surface area (Å²) in [6.07, 6.45) is -4.07. The monoisotopic (exact) mass is 221 g/mol. The fourth-order valence-electron chi connectivity index (χ4n) is 0.626. The molecular weight excluding hydrogens is 206 g/mol. The minimum absolute atomic E-state index is 0.286. The highest BCUT2D eigenvalue weighted by atomic mass is 16.6. The lowest BCUT2D eigenvalue weighted by Crippen LogP contribution is -2.47. The molecule has 7 nitrogen and oxygen atoms in total. The van der Waals surface area contributed by atoms with E-state index in [0.29, 0.717) is 0 Å². The first kappa shape index (κ1) is 13.8. The molecule has 0 heterocycles. The molecule has 0 aliphatic rings. The van der Waals surface area contributed by atoms with Crippen molar-refractivity contribution in [3.8, 4) is 0 Å². The summed E-state index contributed by atoms with van der Waals surface area (Å²) in [6.45, 7) is 3.04. The minimum atomic E-state index is -2.22. The standard InChI is InChI=1S/C8H15NO6/c1-3-8(2,9)15-7(14)5(11)4(10)6(12)13/h4-5,10-11H,3,9H2,1-2H3,(H,12,13). The Hall–Kier alpha value is -1.18. The second-order valence-corrected chi connectivity index (χ2v) is 3.32. The molecule has 0 aliphatic heterocycles. The van der Waals surface area contributed by atoms with Crippen molar-refractivity contribution in [2.45, 2.75) is 38.2 Å². The summed E-state index contributed by atoms with van der Waals surface area (Å²) >= 11 is 0. The molecule has 0 aromatic carbocycles. The van der Waals surface area contributed by atoms with Gasteiger partial charge in [-0.05, 0) is 13.3 Å². The first-order valence-electron chi connectivity index (χ1n) is 4.32. The Morgan fingerprint density at radius 3 is 2.20 bits per heavy atom. The Balaban J connectivity index is 4.40. The van der Waals surface area contributed by atoms with Gasteiger partial charge in [-0.1, -0.05) is 6.92 Å². The van der Waals surface area contributed by atoms with Crippen LogP contribution in [-0.4, -0.2) is 45.2 Å². The van der Waals surface area contributed by atoms with Crippen LogP contribution in [0.3, 0.4) is 0 Å². The largest absolute Gasteiger partial charge is 0.479 e. The number of hydrogen-bond donors (Lipinski definition) is 4. The third-order valence-corrected chi connectivity index (χ3v) is 1.83. The molecule has 0 aromatic heterocycles. The second kappa shape index (κ2) is 5.06. The minimum Gasteiger partial charge on any atom is -0.479 e. The fourth-order valence-corrected chi connectivity index (χ4v) is 0.626. The molecule has 0 rings (SSSR count). The molecule has 0 saturated carbocycles. The van der Waals surface area contributed by atoms with E-state index in [1.54, 1.807) is 6.92 Å². The van der Waals surface area contributed by atoms with E-state index in [4.69, 9.17) is 21.1 Å². The van der Waals surface area contributed by atoms with E-state index in [1.807, 2.05) is 0 Å². The van der Waals surface area contributed by atoms with E-state index < -0.39 is 29.9 Å². The van der Waals surface area contributed by atoms with Crippen LogP contribution in [0.2, 0.25) is 0 Å². The number of nitrogens with two attached hydrogens (primary N) is 1. The van der Waals surface area contributed by atoms with Crippen LogP contribution in [0.5, 0.6) is 0 Å². The van der Waals surface area contributed by atoms with Crippen LogP contribution >= 0.6 is 0 Å². The summed E-state index contributed by atoms with van der Waals surface area (Å²) in [5, 5.41) is 26.2. The lowest BCUT2D eigenvalue weighted by atomic mass is 10.2. The van der Waals surface area contributed by atoms with Gasteiger partial charge >= 0.3 is 11.9 Å². The van der Waals surface area contributed by atoms with Crippen molar-refractivity contribution in [3.05, 3.63) is 0 Å². The Kier molecular flexibility index (Phi) is 4.66. The maximum absolute atomic E-state index is 11.1. The average molecular weight is 221 g/mol. The fraction of sp³-hybridized carbons (Fsp3) is 0.750. The molecule has 15 heavy (non-hydrogen) atoms. The van der Waals surface area contributed by atoms with Crippen LogP contribution in [0, 0.1) is 0 Å². The van der Waals surface area contributed by atoms with Crippen molar-refractivity contribution in [3.63, 3.8) is 0 Å². The van der Waals surface area contributed by atoms with Crippen molar-refractivity contribution >= 4 is 11.9 Å². The average Bonchev–Trinajstić information content (AvgIpc) is 2.14. The van der Waals surface area contributed by atoms with Gasteiger partial charge in [-0.25, -0.2) is 9.59 Å². The highest BCUT2D eigenvalue weighted by Gasteiger charge is 2.34. The lowest BCUT2D eigenvalue weighted by molar-refractivity contribution is -0.180. The van der Waals surface area contributed by atoms with Crippen LogP contribution < -0.4 is 5.73 Å².